The topological polar surface area (TPSA) is 64.1 Å². The van der Waals surface area contributed by atoms with E-state index in [1.165, 1.54) is 12.0 Å². The summed E-state index contributed by atoms with van der Waals surface area (Å²) in [4.78, 5) is 4.39. The molecule has 0 saturated carbocycles. The van der Waals surface area contributed by atoms with E-state index in [9.17, 15) is 0 Å². The molecule has 0 aliphatic carbocycles. The van der Waals surface area contributed by atoms with Gasteiger partial charge in [0.2, 0.25) is 0 Å². The van der Waals surface area contributed by atoms with Gasteiger partial charge in [-0.1, -0.05) is 19.9 Å². The van der Waals surface area contributed by atoms with E-state index in [1.807, 2.05) is 19.2 Å². The van der Waals surface area contributed by atoms with Crippen LogP contribution in [0.5, 0.6) is 11.5 Å². The fraction of sp³-hybridized carbons (Fsp3) is 0.650. The lowest BCUT2D eigenvalue weighted by Crippen LogP contribution is -2.49. The van der Waals surface area contributed by atoms with E-state index in [0.717, 1.165) is 36.8 Å². The van der Waals surface area contributed by atoms with Crippen LogP contribution in [0, 0.1) is 0 Å². The summed E-state index contributed by atoms with van der Waals surface area (Å²) in [5, 5.41) is 7.00. The summed E-state index contributed by atoms with van der Waals surface area (Å²) < 4.78 is 16.7. The van der Waals surface area contributed by atoms with E-state index in [1.54, 1.807) is 14.2 Å². The number of methoxy groups -OCH3 is 2. The highest BCUT2D eigenvalue weighted by Gasteiger charge is 2.41. The summed E-state index contributed by atoms with van der Waals surface area (Å²) in [5.41, 5.74) is 1.09. The SMILES string of the molecule is CN=C(NCC(C)(C)c1ccc(OC)c(OC)c1)NC1CC2CCC1O2. The van der Waals surface area contributed by atoms with Crippen LogP contribution < -0.4 is 20.1 Å². The minimum absolute atomic E-state index is 0.0949. The molecule has 0 radical (unpaired) electrons. The molecule has 0 amide bonds. The quantitative estimate of drug-likeness (QED) is 0.602. The van der Waals surface area contributed by atoms with E-state index < -0.39 is 0 Å². The van der Waals surface area contributed by atoms with Gasteiger partial charge in [0.25, 0.3) is 0 Å². The molecule has 3 rings (SSSR count). The predicted molar refractivity (Wildman–Crippen MR) is 103 cm³/mol. The van der Waals surface area contributed by atoms with Gasteiger partial charge in [-0.25, -0.2) is 0 Å². The van der Waals surface area contributed by atoms with Crippen LogP contribution in [-0.2, 0) is 10.2 Å². The van der Waals surface area contributed by atoms with Crippen molar-refractivity contribution in [3.8, 4) is 11.5 Å². The monoisotopic (exact) mass is 361 g/mol. The fourth-order valence-corrected chi connectivity index (χ4v) is 3.82. The first-order chi connectivity index (χ1) is 12.5. The van der Waals surface area contributed by atoms with E-state index in [0.29, 0.717) is 18.2 Å². The van der Waals surface area contributed by atoms with Crippen molar-refractivity contribution in [3.05, 3.63) is 23.8 Å². The number of nitrogens with zero attached hydrogens (tertiary/aromatic N) is 1. The molecule has 2 fully saturated rings. The standard InChI is InChI=1S/C20H31N3O3/c1-20(2,13-6-8-17(24-4)18(10-13)25-5)12-22-19(21-3)23-15-11-14-7-9-16(15)26-14/h6,8,10,14-16H,7,9,11-12H2,1-5H3,(H2,21,22,23). The molecule has 26 heavy (non-hydrogen) atoms. The molecule has 2 aliphatic heterocycles. The lowest BCUT2D eigenvalue weighted by atomic mass is 9.84. The molecular formula is C20H31N3O3. The number of hydrogen-bond acceptors (Lipinski definition) is 4. The first-order valence-corrected chi connectivity index (χ1v) is 9.32. The minimum atomic E-state index is -0.0949. The van der Waals surface area contributed by atoms with Crippen molar-refractivity contribution in [3.63, 3.8) is 0 Å². The van der Waals surface area contributed by atoms with Gasteiger partial charge in [-0.3, -0.25) is 4.99 Å². The zero-order chi connectivity index (χ0) is 18.7. The third-order valence-electron chi connectivity index (χ3n) is 5.51. The molecular weight excluding hydrogens is 330 g/mol. The third kappa shape index (κ3) is 3.90. The second kappa shape index (κ2) is 7.74. The molecule has 1 aromatic carbocycles. The lowest BCUT2D eigenvalue weighted by molar-refractivity contribution is 0.0992. The highest BCUT2D eigenvalue weighted by Crippen LogP contribution is 2.34. The van der Waals surface area contributed by atoms with Gasteiger partial charge in [0.1, 0.15) is 0 Å². The Bertz CT molecular complexity index is 660. The highest BCUT2D eigenvalue weighted by molar-refractivity contribution is 5.80. The maximum Gasteiger partial charge on any atom is 0.191 e. The average molecular weight is 361 g/mol. The number of fused-ring (bicyclic) bond motifs is 2. The van der Waals surface area contributed by atoms with Crippen LogP contribution in [0.3, 0.4) is 0 Å². The fourth-order valence-electron chi connectivity index (χ4n) is 3.82. The van der Waals surface area contributed by atoms with Gasteiger partial charge >= 0.3 is 0 Å². The van der Waals surface area contributed by atoms with Crippen LogP contribution in [0.15, 0.2) is 23.2 Å². The third-order valence-corrected chi connectivity index (χ3v) is 5.51. The van der Waals surface area contributed by atoms with Gasteiger partial charge < -0.3 is 24.8 Å². The summed E-state index contributed by atoms with van der Waals surface area (Å²) in [5.74, 6) is 2.33. The predicted octanol–water partition coefficient (Wildman–Crippen LogP) is 2.47. The van der Waals surface area contributed by atoms with Gasteiger partial charge in [0, 0.05) is 19.0 Å². The Morgan fingerprint density at radius 1 is 1.23 bits per heavy atom. The number of aliphatic imine (C=N–C) groups is 1. The molecule has 0 aromatic heterocycles. The molecule has 1 aromatic rings. The molecule has 2 N–H and O–H groups in total. The van der Waals surface area contributed by atoms with Crippen molar-refractivity contribution in [2.45, 2.75) is 56.8 Å². The van der Waals surface area contributed by atoms with Crippen molar-refractivity contribution in [1.82, 2.24) is 10.6 Å². The first-order valence-electron chi connectivity index (χ1n) is 9.32. The molecule has 6 nitrogen and oxygen atoms in total. The summed E-state index contributed by atoms with van der Waals surface area (Å²) in [6.07, 6.45) is 4.18. The van der Waals surface area contributed by atoms with Crippen LogP contribution in [0.4, 0.5) is 0 Å². The van der Waals surface area contributed by atoms with E-state index in [-0.39, 0.29) is 5.41 Å². The number of ether oxygens (including phenoxy) is 3. The van der Waals surface area contributed by atoms with Gasteiger partial charge in [-0.2, -0.15) is 0 Å². The molecule has 2 heterocycles. The summed E-state index contributed by atoms with van der Waals surface area (Å²) in [6, 6.07) is 6.45. The Balaban J connectivity index is 1.61. The Hall–Kier alpha value is -1.95. The van der Waals surface area contributed by atoms with E-state index in [4.69, 9.17) is 14.2 Å². The van der Waals surface area contributed by atoms with Crippen molar-refractivity contribution < 1.29 is 14.2 Å². The second-order valence-electron chi connectivity index (χ2n) is 7.74. The average Bonchev–Trinajstić information content (AvgIpc) is 3.27. The molecule has 6 heteroatoms. The van der Waals surface area contributed by atoms with Crippen molar-refractivity contribution in [2.24, 2.45) is 4.99 Å². The Morgan fingerprint density at radius 3 is 2.58 bits per heavy atom. The van der Waals surface area contributed by atoms with Crippen molar-refractivity contribution in [2.75, 3.05) is 27.8 Å². The van der Waals surface area contributed by atoms with Crippen LogP contribution in [0.2, 0.25) is 0 Å². The van der Waals surface area contributed by atoms with Crippen molar-refractivity contribution in [1.29, 1.82) is 0 Å². The molecule has 2 aliphatic rings. The molecule has 3 unspecified atom stereocenters. The largest absolute Gasteiger partial charge is 0.493 e. The van der Waals surface area contributed by atoms with Crippen molar-refractivity contribution >= 4 is 5.96 Å². The van der Waals surface area contributed by atoms with E-state index in [2.05, 4.69) is 35.5 Å². The van der Waals surface area contributed by atoms with Crippen LogP contribution >= 0.6 is 0 Å². The number of guanidine groups is 1. The minimum Gasteiger partial charge on any atom is -0.493 e. The maximum atomic E-state index is 5.92. The van der Waals surface area contributed by atoms with Gasteiger partial charge in [-0.15, -0.1) is 0 Å². The molecule has 3 atom stereocenters. The van der Waals surface area contributed by atoms with Crippen LogP contribution in [-0.4, -0.2) is 52.0 Å². The highest BCUT2D eigenvalue weighted by atomic mass is 16.5. The van der Waals surface area contributed by atoms with Gasteiger partial charge in [0.15, 0.2) is 17.5 Å². The number of rotatable bonds is 6. The Kier molecular flexibility index (Phi) is 5.61. The summed E-state index contributed by atoms with van der Waals surface area (Å²) >= 11 is 0. The zero-order valence-electron chi connectivity index (χ0n) is 16.5. The van der Waals surface area contributed by atoms with Gasteiger partial charge in [0.05, 0.1) is 32.5 Å². The second-order valence-corrected chi connectivity index (χ2v) is 7.74. The molecule has 144 valence electrons. The summed E-state index contributed by atoms with van der Waals surface area (Å²) in [7, 11) is 5.13. The number of nitrogens with one attached hydrogen (secondary N) is 2. The zero-order valence-corrected chi connectivity index (χ0v) is 16.5. The smallest absolute Gasteiger partial charge is 0.191 e. The molecule has 2 bridgehead atoms. The lowest BCUT2D eigenvalue weighted by Gasteiger charge is -2.29. The van der Waals surface area contributed by atoms with E-state index >= 15 is 0 Å². The maximum absolute atomic E-state index is 5.92. The number of benzene rings is 1. The Labute approximate surface area is 156 Å². The Morgan fingerprint density at radius 2 is 2.00 bits per heavy atom. The molecule has 0 spiro atoms. The van der Waals surface area contributed by atoms with Crippen LogP contribution in [0.1, 0.15) is 38.7 Å². The van der Waals surface area contributed by atoms with Gasteiger partial charge in [-0.05, 0) is 37.0 Å². The first kappa shape index (κ1) is 18.8. The molecule has 2 saturated heterocycles. The van der Waals surface area contributed by atoms with Crippen LogP contribution in [0.25, 0.3) is 0 Å². The number of hydrogen-bond donors (Lipinski definition) is 2. The summed E-state index contributed by atoms with van der Waals surface area (Å²) in [6.45, 7) is 5.16. The normalized spacial score (nSPS) is 25.3.